The van der Waals surface area contributed by atoms with E-state index in [1.54, 1.807) is 14.2 Å². The molecule has 2 aromatic carbocycles. The molecule has 0 aliphatic heterocycles. The van der Waals surface area contributed by atoms with Crippen molar-refractivity contribution in [3.05, 3.63) is 58.7 Å². The molecule has 1 unspecified atom stereocenters. The highest BCUT2D eigenvalue weighted by Crippen LogP contribution is 2.42. The maximum Gasteiger partial charge on any atom is 0.251 e. The summed E-state index contributed by atoms with van der Waals surface area (Å²) in [5, 5.41) is 14.0. The lowest BCUT2D eigenvalue weighted by atomic mass is 9.86. The Labute approximate surface area is 166 Å². The highest BCUT2D eigenvalue weighted by Gasteiger charge is 2.38. The molecular formula is C23H29NO4. The van der Waals surface area contributed by atoms with Crippen LogP contribution in [0, 0.1) is 0 Å². The van der Waals surface area contributed by atoms with Crippen molar-refractivity contribution in [2.45, 2.75) is 44.6 Å². The number of ether oxygens (including phenoxy) is 2. The van der Waals surface area contributed by atoms with E-state index in [4.69, 9.17) is 9.47 Å². The summed E-state index contributed by atoms with van der Waals surface area (Å²) in [7, 11) is 3.16. The van der Waals surface area contributed by atoms with Gasteiger partial charge in [0.25, 0.3) is 5.91 Å². The number of carbonyl (C=O) groups is 1. The van der Waals surface area contributed by atoms with Crippen LogP contribution >= 0.6 is 0 Å². The van der Waals surface area contributed by atoms with Gasteiger partial charge in [-0.25, -0.2) is 0 Å². The zero-order valence-corrected chi connectivity index (χ0v) is 17.3. The van der Waals surface area contributed by atoms with Crippen LogP contribution in [0.5, 0.6) is 11.5 Å². The van der Waals surface area contributed by atoms with Crippen LogP contribution in [0.2, 0.25) is 0 Å². The maximum atomic E-state index is 12.6. The zero-order chi connectivity index (χ0) is 20.5. The summed E-state index contributed by atoms with van der Waals surface area (Å²) in [6.07, 6.45) is 1.27. The van der Waals surface area contributed by atoms with Crippen molar-refractivity contribution in [3.63, 3.8) is 0 Å². The minimum absolute atomic E-state index is 0.0395. The lowest BCUT2D eigenvalue weighted by Crippen LogP contribution is -2.39. The molecule has 0 radical (unpaired) electrons. The molecule has 0 bridgehead atoms. The Morgan fingerprint density at radius 1 is 1.11 bits per heavy atom. The quantitative estimate of drug-likeness (QED) is 0.828. The van der Waals surface area contributed by atoms with Crippen LogP contribution in [0.15, 0.2) is 36.4 Å². The fourth-order valence-corrected chi connectivity index (χ4v) is 3.67. The highest BCUT2D eigenvalue weighted by atomic mass is 16.5. The summed E-state index contributed by atoms with van der Waals surface area (Å²) in [6, 6.07) is 11.3. The fraction of sp³-hybridized carbons (Fsp3) is 0.435. The summed E-state index contributed by atoms with van der Waals surface area (Å²) in [5.74, 6) is 1.03. The molecule has 1 amide bonds. The summed E-state index contributed by atoms with van der Waals surface area (Å²) >= 11 is 0. The van der Waals surface area contributed by atoms with Gasteiger partial charge in [0.05, 0.1) is 20.8 Å². The largest absolute Gasteiger partial charge is 0.493 e. The Balaban J connectivity index is 1.74. The van der Waals surface area contributed by atoms with Gasteiger partial charge in [-0.15, -0.1) is 0 Å². The molecule has 150 valence electrons. The molecule has 0 saturated heterocycles. The number of amides is 1. The molecule has 3 rings (SSSR count). The second kappa shape index (κ2) is 7.47. The average molecular weight is 383 g/mol. The standard InChI is InChI=1S/C23H29NO4/c1-22(2,3)17-8-6-15(7-9-17)21(25)24-14-23(26)11-10-16-12-19(27-4)20(28-5)13-18(16)23/h6-9,12-13,26H,10-11,14H2,1-5H3,(H,24,25). The summed E-state index contributed by atoms with van der Waals surface area (Å²) < 4.78 is 10.7. The first kappa shape index (κ1) is 20.2. The first-order valence-electron chi connectivity index (χ1n) is 9.54. The topological polar surface area (TPSA) is 67.8 Å². The number of fused-ring (bicyclic) bond motifs is 1. The Morgan fingerprint density at radius 2 is 1.71 bits per heavy atom. The molecule has 0 saturated carbocycles. The number of hydrogen-bond acceptors (Lipinski definition) is 4. The number of aryl methyl sites for hydroxylation is 1. The number of aliphatic hydroxyl groups is 1. The normalized spacial score (nSPS) is 18.5. The Morgan fingerprint density at radius 3 is 2.29 bits per heavy atom. The number of carbonyl (C=O) groups excluding carboxylic acids is 1. The molecule has 5 nitrogen and oxygen atoms in total. The number of methoxy groups -OCH3 is 2. The van der Waals surface area contributed by atoms with Gasteiger partial charge in [0.1, 0.15) is 5.60 Å². The third kappa shape index (κ3) is 3.85. The van der Waals surface area contributed by atoms with E-state index >= 15 is 0 Å². The Hall–Kier alpha value is -2.53. The van der Waals surface area contributed by atoms with Crippen LogP contribution in [0.25, 0.3) is 0 Å². The zero-order valence-electron chi connectivity index (χ0n) is 17.3. The lowest BCUT2D eigenvalue weighted by Gasteiger charge is -2.25. The first-order chi connectivity index (χ1) is 13.2. The monoisotopic (exact) mass is 383 g/mol. The van der Waals surface area contributed by atoms with E-state index in [1.807, 2.05) is 36.4 Å². The Bertz CT molecular complexity index is 867. The van der Waals surface area contributed by atoms with Crippen LogP contribution in [0.1, 0.15) is 54.2 Å². The maximum absolute atomic E-state index is 12.6. The van der Waals surface area contributed by atoms with Gasteiger partial charge in [-0.3, -0.25) is 4.79 Å². The fourth-order valence-electron chi connectivity index (χ4n) is 3.67. The van der Waals surface area contributed by atoms with Crippen LogP contribution in [-0.4, -0.2) is 31.8 Å². The van der Waals surface area contributed by atoms with Gasteiger partial charge < -0.3 is 19.9 Å². The van der Waals surface area contributed by atoms with Crippen molar-refractivity contribution in [3.8, 4) is 11.5 Å². The molecule has 28 heavy (non-hydrogen) atoms. The molecule has 1 atom stereocenters. The van der Waals surface area contributed by atoms with E-state index in [1.165, 1.54) is 5.56 Å². The number of rotatable bonds is 5. The van der Waals surface area contributed by atoms with Crippen molar-refractivity contribution < 1.29 is 19.4 Å². The van der Waals surface area contributed by atoms with Crippen molar-refractivity contribution in [2.75, 3.05) is 20.8 Å². The van der Waals surface area contributed by atoms with E-state index in [9.17, 15) is 9.90 Å². The van der Waals surface area contributed by atoms with Crippen LogP contribution < -0.4 is 14.8 Å². The Kier molecular flexibility index (Phi) is 5.39. The number of benzene rings is 2. The van der Waals surface area contributed by atoms with Gasteiger partial charge in [-0.05, 0) is 59.2 Å². The number of nitrogens with one attached hydrogen (secondary N) is 1. The van der Waals surface area contributed by atoms with Crippen LogP contribution in [0.4, 0.5) is 0 Å². The molecule has 1 aliphatic carbocycles. The molecule has 2 aromatic rings. The first-order valence-corrected chi connectivity index (χ1v) is 9.54. The average Bonchev–Trinajstić information content (AvgIpc) is 3.00. The summed E-state index contributed by atoms with van der Waals surface area (Å²) in [6.45, 7) is 6.56. The van der Waals surface area contributed by atoms with Crippen molar-refractivity contribution in [1.29, 1.82) is 0 Å². The molecule has 0 fully saturated rings. The minimum Gasteiger partial charge on any atom is -0.493 e. The van der Waals surface area contributed by atoms with Crippen molar-refractivity contribution in [2.24, 2.45) is 0 Å². The van der Waals surface area contributed by atoms with Gasteiger partial charge in [0.2, 0.25) is 0 Å². The molecule has 0 aromatic heterocycles. The van der Waals surface area contributed by atoms with Crippen molar-refractivity contribution >= 4 is 5.91 Å². The molecule has 2 N–H and O–H groups in total. The minimum atomic E-state index is -1.12. The molecule has 0 spiro atoms. The predicted octanol–water partition coefficient (Wildman–Crippen LogP) is 3.57. The van der Waals surface area contributed by atoms with Gasteiger partial charge in [-0.2, -0.15) is 0 Å². The smallest absolute Gasteiger partial charge is 0.251 e. The van der Waals surface area contributed by atoms with E-state index in [2.05, 4.69) is 26.1 Å². The third-order valence-electron chi connectivity index (χ3n) is 5.47. The SMILES string of the molecule is COc1cc2c(cc1OC)C(O)(CNC(=O)c1ccc(C(C)(C)C)cc1)CC2. The van der Waals surface area contributed by atoms with Gasteiger partial charge in [0.15, 0.2) is 11.5 Å². The van der Waals surface area contributed by atoms with Crippen LogP contribution in [-0.2, 0) is 17.4 Å². The second-order valence-electron chi connectivity index (χ2n) is 8.41. The van der Waals surface area contributed by atoms with Crippen molar-refractivity contribution in [1.82, 2.24) is 5.32 Å². The predicted molar refractivity (Wildman–Crippen MR) is 109 cm³/mol. The van der Waals surface area contributed by atoms with Gasteiger partial charge in [0, 0.05) is 5.56 Å². The van der Waals surface area contributed by atoms with E-state index < -0.39 is 5.60 Å². The van der Waals surface area contributed by atoms with E-state index in [0.717, 1.165) is 17.5 Å². The van der Waals surface area contributed by atoms with E-state index in [0.29, 0.717) is 23.5 Å². The summed E-state index contributed by atoms with van der Waals surface area (Å²) in [5.41, 5.74) is 2.49. The third-order valence-corrected chi connectivity index (χ3v) is 5.47. The number of hydrogen-bond donors (Lipinski definition) is 2. The lowest BCUT2D eigenvalue weighted by molar-refractivity contribution is 0.0368. The summed E-state index contributed by atoms with van der Waals surface area (Å²) in [4.78, 5) is 12.6. The molecule has 1 aliphatic rings. The molecule has 0 heterocycles. The van der Waals surface area contributed by atoms with Gasteiger partial charge in [-0.1, -0.05) is 32.9 Å². The van der Waals surface area contributed by atoms with E-state index in [-0.39, 0.29) is 17.9 Å². The highest BCUT2D eigenvalue weighted by molar-refractivity contribution is 5.94. The second-order valence-corrected chi connectivity index (χ2v) is 8.41. The molecule has 5 heteroatoms. The van der Waals surface area contributed by atoms with Gasteiger partial charge >= 0.3 is 0 Å². The van der Waals surface area contributed by atoms with Crippen LogP contribution in [0.3, 0.4) is 0 Å². The molecular weight excluding hydrogens is 354 g/mol.